The number of nitriles is 1. The lowest BCUT2D eigenvalue weighted by atomic mass is 10.1. The molecule has 9 nitrogen and oxygen atoms in total. The second-order valence-corrected chi connectivity index (χ2v) is 6.43. The summed E-state index contributed by atoms with van der Waals surface area (Å²) in [6, 6.07) is 5.47. The maximum Gasteiger partial charge on any atom is 0.251 e. The number of hydrogen-bond donors (Lipinski definition) is 0. The lowest BCUT2D eigenvalue weighted by Gasteiger charge is -2.15. The van der Waals surface area contributed by atoms with Gasteiger partial charge in [-0.05, 0) is 23.8 Å². The Hall–Kier alpha value is -3.80. The predicted molar refractivity (Wildman–Crippen MR) is 107 cm³/mol. The lowest BCUT2D eigenvalue weighted by molar-refractivity contribution is -0.125. The van der Waals surface area contributed by atoms with E-state index in [1.807, 2.05) is 6.07 Å². The average molecular weight is 410 g/mol. The van der Waals surface area contributed by atoms with E-state index in [0.29, 0.717) is 36.8 Å². The number of benzene rings is 1. The molecule has 1 aliphatic heterocycles. The Kier molecular flexibility index (Phi) is 6.70. The van der Waals surface area contributed by atoms with Crippen LogP contribution in [0.4, 0.5) is 0 Å². The van der Waals surface area contributed by atoms with Crippen molar-refractivity contribution in [2.45, 2.75) is 12.5 Å². The van der Waals surface area contributed by atoms with Gasteiger partial charge in [0.05, 0.1) is 27.9 Å². The monoisotopic (exact) mass is 410 g/mol. The van der Waals surface area contributed by atoms with Crippen LogP contribution in [0, 0.1) is 11.3 Å². The van der Waals surface area contributed by atoms with E-state index < -0.39 is 0 Å². The van der Waals surface area contributed by atoms with Gasteiger partial charge >= 0.3 is 0 Å². The molecule has 30 heavy (non-hydrogen) atoms. The van der Waals surface area contributed by atoms with E-state index >= 15 is 0 Å². The van der Waals surface area contributed by atoms with Crippen molar-refractivity contribution in [3.63, 3.8) is 0 Å². The van der Waals surface area contributed by atoms with E-state index in [4.69, 9.17) is 24.2 Å². The van der Waals surface area contributed by atoms with Gasteiger partial charge < -0.3 is 23.8 Å². The Balaban J connectivity index is 1.66. The van der Waals surface area contributed by atoms with E-state index in [9.17, 15) is 4.79 Å². The SMILES string of the molecule is COc1cc(/C=C/C(=O)N2CCC(Oc3nccnc3C#N)C2)cc(OC)c1OC. The first-order valence-electron chi connectivity index (χ1n) is 9.24. The number of carbonyl (C=O) groups is 1. The summed E-state index contributed by atoms with van der Waals surface area (Å²) >= 11 is 0. The third kappa shape index (κ3) is 4.60. The molecular formula is C21H22N4O5. The molecule has 156 valence electrons. The van der Waals surface area contributed by atoms with Crippen LogP contribution >= 0.6 is 0 Å². The van der Waals surface area contributed by atoms with Crippen molar-refractivity contribution in [3.05, 3.63) is 41.9 Å². The van der Waals surface area contributed by atoms with E-state index in [-0.39, 0.29) is 23.6 Å². The third-order valence-corrected chi connectivity index (χ3v) is 4.61. The molecule has 1 aromatic heterocycles. The van der Waals surface area contributed by atoms with Gasteiger partial charge in [-0.25, -0.2) is 9.97 Å². The summed E-state index contributed by atoms with van der Waals surface area (Å²) in [5.74, 6) is 1.55. The van der Waals surface area contributed by atoms with E-state index in [0.717, 1.165) is 5.56 Å². The van der Waals surface area contributed by atoms with Gasteiger partial charge in [0, 0.05) is 31.4 Å². The lowest BCUT2D eigenvalue weighted by Crippen LogP contribution is -2.29. The number of aromatic nitrogens is 2. The Bertz CT molecular complexity index is 961. The van der Waals surface area contributed by atoms with Crippen LogP contribution < -0.4 is 18.9 Å². The first kappa shape index (κ1) is 20.9. The molecule has 2 heterocycles. The Morgan fingerprint density at radius 1 is 1.17 bits per heavy atom. The summed E-state index contributed by atoms with van der Waals surface area (Å²) in [5.41, 5.74) is 0.868. The molecule has 1 aromatic carbocycles. The van der Waals surface area contributed by atoms with E-state index in [2.05, 4.69) is 9.97 Å². The number of amides is 1. The van der Waals surface area contributed by atoms with Crippen LogP contribution in [0.2, 0.25) is 0 Å². The summed E-state index contributed by atoms with van der Waals surface area (Å²) < 4.78 is 21.7. The van der Waals surface area contributed by atoms with Crippen molar-refractivity contribution in [2.24, 2.45) is 0 Å². The number of carbonyl (C=O) groups excluding carboxylic acids is 1. The van der Waals surface area contributed by atoms with Crippen molar-refractivity contribution < 1.29 is 23.7 Å². The van der Waals surface area contributed by atoms with Gasteiger partial charge in [-0.1, -0.05) is 0 Å². The van der Waals surface area contributed by atoms with Crippen LogP contribution in [0.15, 0.2) is 30.6 Å². The molecule has 0 spiro atoms. The van der Waals surface area contributed by atoms with Crippen molar-refractivity contribution in [1.82, 2.24) is 14.9 Å². The molecule has 3 rings (SSSR count). The van der Waals surface area contributed by atoms with Crippen molar-refractivity contribution >= 4 is 12.0 Å². The molecule has 0 bridgehead atoms. The van der Waals surface area contributed by atoms with Gasteiger partial charge in [0.25, 0.3) is 5.88 Å². The number of methoxy groups -OCH3 is 3. The fourth-order valence-electron chi connectivity index (χ4n) is 3.14. The largest absolute Gasteiger partial charge is 0.493 e. The van der Waals surface area contributed by atoms with Crippen LogP contribution in [-0.2, 0) is 4.79 Å². The van der Waals surface area contributed by atoms with Crippen molar-refractivity contribution in [2.75, 3.05) is 34.4 Å². The molecule has 0 aliphatic carbocycles. The minimum Gasteiger partial charge on any atom is -0.493 e. The summed E-state index contributed by atoms with van der Waals surface area (Å²) in [5, 5.41) is 9.09. The minimum absolute atomic E-state index is 0.129. The van der Waals surface area contributed by atoms with Crippen molar-refractivity contribution in [1.29, 1.82) is 5.26 Å². The Labute approximate surface area is 174 Å². The molecule has 0 saturated carbocycles. The van der Waals surface area contributed by atoms with Crippen LogP contribution in [0.25, 0.3) is 6.08 Å². The van der Waals surface area contributed by atoms with Crippen LogP contribution in [0.3, 0.4) is 0 Å². The maximum atomic E-state index is 12.6. The molecular weight excluding hydrogens is 388 g/mol. The zero-order valence-corrected chi connectivity index (χ0v) is 17.0. The topological polar surface area (TPSA) is 107 Å². The van der Waals surface area contributed by atoms with Crippen molar-refractivity contribution in [3.8, 4) is 29.2 Å². The van der Waals surface area contributed by atoms with Gasteiger partial charge in [-0.2, -0.15) is 5.26 Å². The Morgan fingerprint density at radius 2 is 1.87 bits per heavy atom. The smallest absolute Gasteiger partial charge is 0.251 e. The van der Waals surface area contributed by atoms with E-state index in [1.165, 1.54) is 39.8 Å². The molecule has 0 radical (unpaired) electrons. The molecule has 1 fully saturated rings. The standard InChI is InChI=1S/C21H22N4O5/c1-27-17-10-14(11-18(28-2)20(17)29-3)4-5-19(26)25-9-6-15(13-25)30-21-16(12-22)23-7-8-24-21/h4-5,7-8,10-11,15H,6,9,13H2,1-3H3/b5-4+. The number of nitrogens with zero attached hydrogens (tertiary/aromatic N) is 4. The average Bonchev–Trinajstić information content (AvgIpc) is 3.25. The summed E-state index contributed by atoms with van der Waals surface area (Å²) in [6.45, 7) is 0.950. The molecule has 1 saturated heterocycles. The zero-order valence-electron chi connectivity index (χ0n) is 17.0. The van der Waals surface area contributed by atoms with Crippen LogP contribution in [0.1, 0.15) is 17.7 Å². The summed E-state index contributed by atoms with van der Waals surface area (Å²) in [6.07, 6.45) is 6.49. The fraction of sp³-hybridized carbons (Fsp3) is 0.333. The fourth-order valence-corrected chi connectivity index (χ4v) is 3.14. The molecule has 1 amide bonds. The highest BCUT2D eigenvalue weighted by Crippen LogP contribution is 2.38. The highest BCUT2D eigenvalue weighted by atomic mass is 16.5. The molecule has 2 aromatic rings. The Morgan fingerprint density at radius 3 is 2.50 bits per heavy atom. The molecule has 1 aliphatic rings. The van der Waals surface area contributed by atoms with Crippen LogP contribution in [0.5, 0.6) is 23.1 Å². The number of hydrogen-bond acceptors (Lipinski definition) is 8. The maximum absolute atomic E-state index is 12.6. The predicted octanol–water partition coefficient (Wildman–Crippen LogP) is 2.07. The highest BCUT2D eigenvalue weighted by molar-refractivity contribution is 5.92. The summed E-state index contributed by atoms with van der Waals surface area (Å²) in [4.78, 5) is 22.2. The molecule has 1 unspecified atom stereocenters. The first-order chi connectivity index (χ1) is 14.6. The number of ether oxygens (including phenoxy) is 4. The van der Waals surface area contributed by atoms with Gasteiger partial charge in [-0.3, -0.25) is 4.79 Å². The third-order valence-electron chi connectivity index (χ3n) is 4.61. The molecule has 1 atom stereocenters. The van der Waals surface area contributed by atoms with Gasteiger partial charge in [0.1, 0.15) is 12.2 Å². The zero-order chi connectivity index (χ0) is 21.5. The van der Waals surface area contributed by atoms with Gasteiger partial charge in [0.15, 0.2) is 11.5 Å². The molecule has 9 heteroatoms. The second kappa shape index (κ2) is 9.60. The highest BCUT2D eigenvalue weighted by Gasteiger charge is 2.27. The second-order valence-electron chi connectivity index (χ2n) is 6.43. The van der Waals surface area contributed by atoms with Crippen LogP contribution in [-0.4, -0.2) is 61.3 Å². The quantitative estimate of drug-likeness (QED) is 0.639. The van der Waals surface area contributed by atoms with E-state index in [1.54, 1.807) is 23.1 Å². The number of rotatable bonds is 7. The number of likely N-dealkylation sites (tertiary alicyclic amines) is 1. The normalized spacial score (nSPS) is 15.7. The van der Waals surface area contributed by atoms with Gasteiger partial charge in [0.2, 0.25) is 17.4 Å². The minimum atomic E-state index is -0.243. The molecule has 0 N–H and O–H groups in total. The summed E-state index contributed by atoms with van der Waals surface area (Å²) in [7, 11) is 4.61. The van der Waals surface area contributed by atoms with Gasteiger partial charge in [-0.15, -0.1) is 0 Å². The first-order valence-corrected chi connectivity index (χ1v) is 9.24.